The van der Waals surface area contributed by atoms with Crippen LogP contribution in [0.2, 0.25) is 0 Å². The molecule has 4 rings (SSSR count). The fourth-order valence-electron chi connectivity index (χ4n) is 3.59. The zero-order chi connectivity index (χ0) is 18.5. The molecular formula is C17H27N5O4. The lowest BCUT2D eigenvalue weighted by atomic mass is 10.1. The Labute approximate surface area is 152 Å². The van der Waals surface area contributed by atoms with E-state index in [1.807, 2.05) is 4.57 Å². The van der Waals surface area contributed by atoms with Gasteiger partial charge in [-0.2, -0.15) is 9.97 Å². The third kappa shape index (κ3) is 3.89. The first kappa shape index (κ1) is 18.8. The van der Waals surface area contributed by atoms with E-state index in [0.717, 1.165) is 20.0 Å². The van der Waals surface area contributed by atoms with Gasteiger partial charge in [0.25, 0.3) is 0 Å². The molecule has 2 unspecified atom stereocenters. The molecule has 1 aliphatic heterocycles. The van der Waals surface area contributed by atoms with Crippen LogP contribution in [-0.4, -0.2) is 56.2 Å². The Morgan fingerprint density at radius 2 is 2.00 bits per heavy atom. The van der Waals surface area contributed by atoms with Gasteiger partial charge < -0.3 is 25.4 Å². The Morgan fingerprint density at radius 3 is 2.69 bits per heavy atom. The van der Waals surface area contributed by atoms with E-state index in [-0.39, 0.29) is 18.9 Å². The first-order valence-electron chi connectivity index (χ1n) is 9.08. The summed E-state index contributed by atoms with van der Waals surface area (Å²) in [7, 11) is 1.00. The summed E-state index contributed by atoms with van der Waals surface area (Å²) >= 11 is 0. The number of nitrogens with zero attached hydrogens (tertiary/aromatic N) is 4. The lowest BCUT2D eigenvalue weighted by molar-refractivity contribution is -0.0207. The number of hydrogen-bond donors (Lipinski definition) is 3. The van der Waals surface area contributed by atoms with Crippen molar-refractivity contribution in [2.75, 3.05) is 26.1 Å². The van der Waals surface area contributed by atoms with Crippen molar-refractivity contribution in [2.24, 2.45) is 5.92 Å². The number of fused-ring (bicyclic) bond motifs is 1. The Hall–Kier alpha value is -1.97. The van der Waals surface area contributed by atoms with Gasteiger partial charge in [-0.15, -0.1) is 0 Å². The van der Waals surface area contributed by atoms with Crippen molar-refractivity contribution in [3.05, 3.63) is 6.33 Å². The largest absolute Gasteiger partial charge is 0.463 e. The first-order valence-corrected chi connectivity index (χ1v) is 9.08. The van der Waals surface area contributed by atoms with E-state index in [2.05, 4.69) is 15.0 Å². The Bertz CT molecular complexity index is 716. The lowest BCUT2D eigenvalue weighted by Crippen LogP contribution is -2.15. The van der Waals surface area contributed by atoms with Gasteiger partial charge in [-0.05, 0) is 31.6 Å². The molecule has 0 spiro atoms. The standard InChI is InChI=1S/C16H23N5O3.CH4O/c17-14-13-15(20-16(19-14)23-8-10-3-1-2-4-10)21(9-18-13)12-6-5-11(7-22)24-12;1-2/h9-12,22H,1-8H2,(H2,17,19,20);2H,1H3. The number of aromatic nitrogens is 4. The quantitative estimate of drug-likeness (QED) is 0.722. The Morgan fingerprint density at radius 1 is 1.23 bits per heavy atom. The van der Waals surface area contributed by atoms with Gasteiger partial charge in [-0.25, -0.2) is 4.98 Å². The van der Waals surface area contributed by atoms with E-state index in [1.54, 1.807) is 6.33 Å². The van der Waals surface area contributed by atoms with E-state index in [0.29, 0.717) is 35.5 Å². The topological polar surface area (TPSA) is 129 Å². The fourth-order valence-corrected chi connectivity index (χ4v) is 3.59. The van der Waals surface area contributed by atoms with Crippen molar-refractivity contribution in [3.63, 3.8) is 0 Å². The van der Waals surface area contributed by atoms with E-state index in [1.165, 1.54) is 25.7 Å². The second-order valence-corrected chi connectivity index (χ2v) is 6.65. The highest BCUT2D eigenvalue weighted by molar-refractivity contribution is 5.81. The molecule has 3 heterocycles. The Kier molecular flexibility index (Phi) is 6.23. The molecule has 144 valence electrons. The Balaban J connectivity index is 0.000000948. The third-order valence-corrected chi connectivity index (χ3v) is 4.95. The molecule has 0 bridgehead atoms. The summed E-state index contributed by atoms with van der Waals surface area (Å²) in [4.78, 5) is 13.0. The molecule has 2 aromatic rings. The van der Waals surface area contributed by atoms with Crippen molar-refractivity contribution < 1.29 is 19.7 Å². The molecular weight excluding hydrogens is 338 g/mol. The molecule has 0 amide bonds. The first-order chi connectivity index (χ1) is 12.7. The van der Waals surface area contributed by atoms with Crippen molar-refractivity contribution in [1.29, 1.82) is 0 Å². The molecule has 0 radical (unpaired) electrons. The maximum atomic E-state index is 9.24. The van der Waals surface area contributed by atoms with Gasteiger partial charge in [-0.1, -0.05) is 12.8 Å². The number of nitrogens with two attached hydrogens (primary N) is 1. The van der Waals surface area contributed by atoms with Crippen LogP contribution in [0.1, 0.15) is 44.8 Å². The van der Waals surface area contributed by atoms with Crippen molar-refractivity contribution >= 4 is 17.0 Å². The maximum absolute atomic E-state index is 9.24. The van der Waals surface area contributed by atoms with Crippen LogP contribution in [0.4, 0.5) is 5.82 Å². The summed E-state index contributed by atoms with van der Waals surface area (Å²) in [5.74, 6) is 0.899. The number of ether oxygens (including phenoxy) is 2. The number of nitrogen functional groups attached to an aromatic ring is 1. The fraction of sp³-hybridized carbons (Fsp3) is 0.706. The number of aliphatic hydroxyl groups excluding tert-OH is 2. The van der Waals surface area contributed by atoms with E-state index >= 15 is 0 Å². The van der Waals surface area contributed by atoms with Crippen LogP contribution in [0.15, 0.2) is 6.33 Å². The van der Waals surface area contributed by atoms with Crippen LogP contribution in [0.25, 0.3) is 11.2 Å². The minimum Gasteiger partial charge on any atom is -0.463 e. The SMILES string of the molecule is CO.Nc1nc(OCC2CCCC2)nc2c1ncn2C1CCC(CO)O1. The van der Waals surface area contributed by atoms with E-state index < -0.39 is 0 Å². The van der Waals surface area contributed by atoms with Crippen molar-refractivity contribution in [2.45, 2.75) is 50.9 Å². The van der Waals surface area contributed by atoms with Crippen LogP contribution in [0, 0.1) is 5.92 Å². The maximum Gasteiger partial charge on any atom is 0.320 e. The van der Waals surface area contributed by atoms with Crippen LogP contribution in [-0.2, 0) is 4.74 Å². The van der Waals surface area contributed by atoms with Gasteiger partial charge in [-0.3, -0.25) is 4.57 Å². The van der Waals surface area contributed by atoms with Crippen LogP contribution in [0.3, 0.4) is 0 Å². The van der Waals surface area contributed by atoms with Crippen LogP contribution >= 0.6 is 0 Å². The van der Waals surface area contributed by atoms with Gasteiger partial charge in [0.2, 0.25) is 0 Å². The summed E-state index contributed by atoms with van der Waals surface area (Å²) in [6.45, 7) is 0.654. The summed E-state index contributed by atoms with van der Waals surface area (Å²) in [5, 5.41) is 16.2. The molecule has 4 N–H and O–H groups in total. The molecule has 2 aromatic heterocycles. The minimum absolute atomic E-state index is 0.0238. The average Bonchev–Trinajstić information content (AvgIpc) is 3.41. The predicted molar refractivity (Wildman–Crippen MR) is 95.6 cm³/mol. The summed E-state index contributed by atoms with van der Waals surface area (Å²) in [5.41, 5.74) is 7.19. The predicted octanol–water partition coefficient (Wildman–Crippen LogP) is 1.26. The minimum atomic E-state index is -0.191. The average molecular weight is 365 g/mol. The van der Waals surface area contributed by atoms with Crippen LogP contribution in [0.5, 0.6) is 6.01 Å². The van der Waals surface area contributed by atoms with E-state index in [4.69, 9.17) is 20.3 Å². The number of anilines is 1. The van der Waals surface area contributed by atoms with Gasteiger partial charge in [0.1, 0.15) is 6.23 Å². The van der Waals surface area contributed by atoms with Crippen molar-refractivity contribution in [3.8, 4) is 6.01 Å². The summed E-state index contributed by atoms with van der Waals surface area (Å²) in [6.07, 6.45) is 7.91. The molecule has 9 heteroatoms. The highest BCUT2D eigenvalue weighted by Crippen LogP contribution is 2.32. The molecule has 26 heavy (non-hydrogen) atoms. The number of hydrogen-bond acceptors (Lipinski definition) is 8. The monoisotopic (exact) mass is 365 g/mol. The van der Waals surface area contributed by atoms with Gasteiger partial charge in [0.05, 0.1) is 25.6 Å². The highest BCUT2D eigenvalue weighted by atomic mass is 16.5. The normalized spacial score (nSPS) is 23.2. The van der Waals surface area contributed by atoms with Crippen LogP contribution < -0.4 is 10.5 Å². The molecule has 2 aliphatic rings. The van der Waals surface area contributed by atoms with Gasteiger partial charge in [0, 0.05) is 7.11 Å². The third-order valence-electron chi connectivity index (χ3n) is 4.95. The molecule has 1 saturated carbocycles. The summed E-state index contributed by atoms with van der Waals surface area (Å²) in [6, 6.07) is 0.297. The molecule has 1 aliphatic carbocycles. The van der Waals surface area contributed by atoms with E-state index in [9.17, 15) is 5.11 Å². The number of imidazole rings is 1. The molecule has 2 atom stereocenters. The highest BCUT2D eigenvalue weighted by Gasteiger charge is 2.28. The second kappa shape index (κ2) is 8.61. The molecule has 2 fully saturated rings. The summed E-state index contributed by atoms with van der Waals surface area (Å²) < 4.78 is 13.5. The van der Waals surface area contributed by atoms with Crippen molar-refractivity contribution in [1.82, 2.24) is 19.5 Å². The molecule has 1 saturated heterocycles. The zero-order valence-electron chi connectivity index (χ0n) is 15.0. The smallest absolute Gasteiger partial charge is 0.320 e. The second-order valence-electron chi connectivity index (χ2n) is 6.65. The van der Waals surface area contributed by atoms with Gasteiger partial charge in [0.15, 0.2) is 17.0 Å². The number of rotatable bonds is 5. The molecule has 0 aromatic carbocycles. The molecule has 9 nitrogen and oxygen atoms in total. The van der Waals surface area contributed by atoms with Gasteiger partial charge >= 0.3 is 6.01 Å². The zero-order valence-corrected chi connectivity index (χ0v) is 15.0. The lowest BCUT2D eigenvalue weighted by Gasteiger charge is -2.14. The number of aliphatic hydroxyl groups is 2.